The molecule has 0 radical (unpaired) electrons. The minimum Gasteiger partial charge on any atom is -0.340 e. The number of fused-ring (bicyclic) bond motifs is 1. The van der Waals surface area contributed by atoms with Crippen LogP contribution in [-0.4, -0.2) is 27.2 Å². The third kappa shape index (κ3) is 3.69. The minimum atomic E-state index is -0.290. The van der Waals surface area contributed by atoms with Crippen molar-refractivity contribution in [3.8, 4) is 0 Å². The van der Waals surface area contributed by atoms with E-state index in [-0.39, 0.29) is 17.7 Å². The molecule has 152 valence electrons. The van der Waals surface area contributed by atoms with Crippen LogP contribution in [0.2, 0.25) is 10.0 Å². The summed E-state index contributed by atoms with van der Waals surface area (Å²) < 4.78 is 2.16. The molecule has 2 aromatic carbocycles. The number of carbonyl (C=O) groups excluding carboxylic acids is 2. The number of hydrogen-bond acceptors (Lipinski definition) is 3. The van der Waals surface area contributed by atoms with Crippen LogP contribution in [0.1, 0.15) is 16.8 Å². The standard InChI is InChI=1S/C23H18Cl2N2O2S/c1-3-10-26-22(28)21(30-23(26)29)12-18-14(2)27(20-7-5-4-6-17(18)20)13-15-8-9-16(24)11-19(15)25/h3-9,11-12H,1,10,13H2,2H3/b21-12-. The van der Waals surface area contributed by atoms with E-state index in [4.69, 9.17) is 23.2 Å². The van der Waals surface area contributed by atoms with Gasteiger partial charge in [0.25, 0.3) is 11.1 Å². The third-order valence-corrected chi connectivity index (χ3v) is 6.58. The number of amides is 2. The summed E-state index contributed by atoms with van der Waals surface area (Å²) in [6.07, 6.45) is 3.36. The Labute approximate surface area is 188 Å². The second-order valence-electron chi connectivity index (χ2n) is 6.92. The Morgan fingerprint density at radius 1 is 1.13 bits per heavy atom. The summed E-state index contributed by atoms with van der Waals surface area (Å²) in [4.78, 5) is 26.5. The van der Waals surface area contributed by atoms with Crippen molar-refractivity contribution in [1.29, 1.82) is 0 Å². The van der Waals surface area contributed by atoms with Gasteiger partial charge in [-0.15, -0.1) is 6.58 Å². The summed E-state index contributed by atoms with van der Waals surface area (Å²) in [6.45, 7) is 6.39. The van der Waals surface area contributed by atoms with Gasteiger partial charge in [0, 0.05) is 45.3 Å². The van der Waals surface area contributed by atoms with E-state index in [2.05, 4.69) is 11.1 Å². The fourth-order valence-corrected chi connectivity index (χ4v) is 4.88. The fourth-order valence-electron chi connectivity index (χ4n) is 3.58. The van der Waals surface area contributed by atoms with Crippen LogP contribution in [0.5, 0.6) is 0 Å². The normalized spacial score (nSPS) is 15.6. The highest BCUT2D eigenvalue weighted by Crippen LogP contribution is 2.36. The van der Waals surface area contributed by atoms with Crippen molar-refractivity contribution < 1.29 is 9.59 Å². The zero-order valence-corrected chi connectivity index (χ0v) is 18.5. The first kappa shape index (κ1) is 20.8. The molecule has 1 aromatic heterocycles. The Morgan fingerprint density at radius 2 is 1.90 bits per heavy atom. The van der Waals surface area contributed by atoms with Crippen LogP contribution in [0.15, 0.2) is 60.0 Å². The summed E-state index contributed by atoms with van der Waals surface area (Å²) in [5.41, 5.74) is 3.87. The highest BCUT2D eigenvalue weighted by atomic mass is 35.5. The molecule has 1 saturated heterocycles. The average molecular weight is 457 g/mol. The number of nitrogens with zero attached hydrogens (tertiary/aromatic N) is 2. The number of carbonyl (C=O) groups is 2. The molecule has 0 saturated carbocycles. The Hall–Kier alpha value is -2.47. The zero-order chi connectivity index (χ0) is 21.4. The van der Waals surface area contributed by atoms with Crippen molar-refractivity contribution in [2.24, 2.45) is 0 Å². The van der Waals surface area contributed by atoms with Crippen LogP contribution in [0.3, 0.4) is 0 Å². The van der Waals surface area contributed by atoms with E-state index in [1.807, 2.05) is 49.4 Å². The van der Waals surface area contributed by atoms with Crippen LogP contribution in [-0.2, 0) is 11.3 Å². The molecule has 4 rings (SSSR count). The minimum absolute atomic E-state index is 0.206. The zero-order valence-electron chi connectivity index (χ0n) is 16.2. The van der Waals surface area contributed by atoms with Gasteiger partial charge in [-0.1, -0.05) is 53.5 Å². The van der Waals surface area contributed by atoms with Gasteiger partial charge in [-0.3, -0.25) is 14.5 Å². The monoisotopic (exact) mass is 456 g/mol. The summed E-state index contributed by atoms with van der Waals surface area (Å²) in [5, 5.41) is 1.93. The van der Waals surface area contributed by atoms with Gasteiger partial charge < -0.3 is 4.57 Å². The van der Waals surface area contributed by atoms with Gasteiger partial charge in [-0.2, -0.15) is 0 Å². The highest BCUT2D eigenvalue weighted by molar-refractivity contribution is 8.18. The number of imide groups is 1. The molecule has 0 unspecified atom stereocenters. The molecule has 30 heavy (non-hydrogen) atoms. The van der Waals surface area contributed by atoms with Crippen LogP contribution < -0.4 is 0 Å². The van der Waals surface area contributed by atoms with E-state index in [0.717, 1.165) is 39.5 Å². The molecule has 0 aliphatic carbocycles. The van der Waals surface area contributed by atoms with E-state index in [1.165, 1.54) is 4.90 Å². The summed E-state index contributed by atoms with van der Waals surface area (Å²) in [6, 6.07) is 13.5. The number of para-hydroxylation sites is 1. The molecule has 0 spiro atoms. The lowest BCUT2D eigenvalue weighted by molar-refractivity contribution is -0.122. The van der Waals surface area contributed by atoms with Gasteiger partial charge in [-0.05, 0) is 48.5 Å². The molecule has 1 aliphatic heterocycles. The predicted octanol–water partition coefficient (Wildman–Crippen LogP) is 6.53. The maximum Gasteiger partial charge on any atom is 0.293 e. The topological polar surface area (TPSA) is 42.3 Å². The number of thioether (sulfide) groups is 1. The largest absolute Gasteiger partial charge is 0.340 e. The van der Waals surface area contributed by atoms with Gasteiger partial charge in [0.05, 0.1) is 4.91 Å². The van der Waals surface area contributed by atoms with Crippen LogP contribution in [0.25, 0.3) is 17.0 Å². The van der Waals surface area contributed by atoms with E-state index < -0.39 is 0 Å². The van der Waals surface area contributed by atoms with Gasteiger partial charge in [0.2, 0.25) is 0 Å². The van der Waals surface area contributed by atoms with Gasteiger partial charge in [0.1, 0.15) is 0 Å². The molecule has 0 N–H and O–H groups in total. The molecule has 7 heteroatoms. The van der Waals surface area contributed by atoms with E-state index in [9.17, 15) is 9.59 Å². The number of aromatic nitrogens is 1. The first-order valence-corrected chi connectivity index (χ1v) is 10.9. The first-order valence-electron chi connectivity index (χ1n) is 9.28. The fraction of sp³-hybridized carbons (Fsp3) is 0.130. The Morgan fingerprint density at radius 3 is 2.63 bits per heavy atom. The molecule has 2 heterocycles. The lowest BCUT2D eigenvalue weighted by Crippen LogP contribution is -2.27. The number of rotatable bonds is 5. The molecule has 0 bridgehead atoms. The number of hydrogen-bond donors (Lipinski definition) is 0. The molecule has 0 atom stereocenters. The van der Waals surface area contributed by atoms with E-state index in [1.54, 1.807) is 12.1 Å². The Balaban J connectivity index is 1.81. The summed E-state index contributed by atoms with van der Waals surface area (Å²) in [7, 11) is 0. The predicted molar refractivity (Wildman–Crippen MR) is 125 cm³/mol. The van der Waals surface area contributed by atoms with Crippen LogP contribution >= 0.6 is 35.0 Å². The Bertz CT molecular complexity index is 1230. The third-order valence-electron chi connectivity index (χ3n) is 5.08. The van der Waals surface area contributed by atoms with Crippen LogP contribution in [0, 0.1) is 6.92 Å². The van der Waals surface area contributed by atoms with E-state index >= 15 is 0 Å². The Kier molecular flexibility index (Phi) is 5.78. The van der Waals surface area contributed by atoms with Crippen molar-refractivity contribution in [3.05, 3.63) is 86.9 Å². The summed E-state index contributed by atoms with van der Waals surface area (Å²) >= 11 is 13.4. The molecule has 4 nitrogen and oxygen atoms in total. The smallest absolute Gasteiger partial charge is 0.293 e. The van der Waals surface area contributed by atoms with Crippen LogP contribution in [0.4, 0.5) is 4.79 Å². The highest BCUT2D eigenvalue weighted by Gasteiger charge is 2.34. The first-order chi connectivity index (χ1) is 14.4. The molecular formula is C23H18Cl2N2O2S. The molecule has 3 aromatic rings. The summed E-state index contributed by atoms with van der Waals surface area (Å²) in [5.74, 6) is -0.290. The second kappa shape index (κ2) is 8.34. The van der Waals surface area contributed by atoms with E-state index in [0.29, 0.717) is 21.5 Å². The van der Waals surface area contributed by atoms with Gasteiger partial charge in [0.15, 0.2) is 0 Å². The van der Waals surface area contributed by atoms with Gasteiger partial charge in [-0.25, -0.2) is 0 Å². The van der Waals surface area contributed by atoms with Crippen molar-refractivity contribution in [2.75, 3.05) is 6.54 Å². The van der Waals surface area contributed by atoms with Crippen molar-refractivity contribution >= 4 is 63.1 Å². The molecule has 1 fully saturated rings. The molecular weight excluding hydrogens is 439 g/mol. The molecule has 2 amide bonds. The lowest BCUT2D eigenvalue weighted by Gasteiger charge is -2.11. The quantitative estimate of drug-likeness (QED) is 0.323. The lowest BCUT2D eigenvalue weighted by atomic mass is 10.1. The second-order valence-corrected chi connectivity index (χ2v) is 8.76. The number of benzene rings is 2. The maximum atomic E-state index is 12.7. The van der Waals surface area contributed by atoms with Gasteiger partial charge >= 0.3 is 0 Å². The average Bonchev–Trinajstić information content (AvgIpc) is 3.13. The molecule has 1 aliphatic rings. The van der Waals surface area contributed by atoms with Crippen molar-refractivity contribution in [3.63, 3.8) is 0 Å². The maximum absolute atomic E-state index is 12.7. The van der Waals surface area contributed by atoms with Crippen molar-refractivity contribution in [2.45, 2.75) is 13.5 Å². The van der Waals surface area contributed by atoms with Crippen molar-refractivity contribution in [1.82, 2.24) is 9.47 Å². The SMILES string of the molecule is C=CCN1C(=O)S/C(=C\c2c(C)n(Cc3ccc(Cl)cc3Cl)c3ccccc23)C1=O. The number of halogens is 2.